The van der Waals surface area contributed by atoms with Gasteiger partial charge < -0.3 is 9.80 Å². The standard InChI is InChI=1S/C54H36N2/c1-4-14-37(15-5-1)49-34-38-16-10-11-17-39(38)35-50(49)44-27-30-48-43(33-44)25-24-42-32-40(26-29-47(42)48)41-28-31-53-54(36-41)56(46-20-8-3-9-21-46)52-23-13-12-22-51(52)55(53)45-18-6-2-7-19-45/h1-36H. The Morgan fingerprint density at radius 2 is 0.661 bits per heavy atom. The molecule has 11 rings (SSSR count). The first-order valence-electron chi connectivity index (χ1n) is 19.3. The highest BCUT2D eigenvalue weighted by Crippen LogP contribution is 2.54. The van der Waals surface area contributed by atoms with Gasteiger partial charge in [-0.05, 0) is 138 Å². The molecule has 0 radical (unpaired) electrons. The summed E-state index contributed by atoms with van der Waals surface area (Å²) < 4.78 is 0. The van der Waals surface area contributed by atoms with Crippen molar-refractivity contribution < 1.29 is 0 Å². The summed E-state index contributed by atoms with van der Waals surface area (Å²) in [5.41, 5.74) is 14.2. The number of anilines is 6. The fourth-order valence-electron chi connectivity index (χ4n) is 8.64. The maximum Gasteiger partial charge on any atom is 0.0709 e. The average Bonchev–Trinajstić information content (AvgIpc) is 3.28. The second kappa shape index (κ2) is 13.2. The molecule has 1 aliphatic heterocycles. The Kier molecular flexibility index (Phi) is 7.53. The number of hydrogen-bond donors (Lipinski definition) is 0. The lowest BCUT2D eigenvalue weighted by Gasteiger charge is -2.40. The Morgan fingerprint density at radius 1 is 0.232 bits per heavy atom. The molecule has 0 fully saturated rings. The predicted octanol–water partition coefficient (Wildman–Crippen LogP) is 15.4. The van der Waals surface area contributed by atoms with Crippen molar-refractivity contribution >= 4 is 66.4 Å². The van der Waals surface area contributed by atoms with Crippen LogP contribution in [0.3, 0.4) is 0 Å². The summed E-state index contributed by atoms with van der Waals surface area (Å²) >= 11 is 0. The molecule has 1 heterocycles. The molecule has 2 nitrogen and oxygen atoms in total. The van der Waals surface area contributed by atoms with E-state index in [-0.39, 0.29) is 0 Å². The summed E-state index contributed by atoms with van der Waals surface area (Å²) in [7, 11) is 0. The Labute approximate surface area is 326 Å². The first kappa shape index (κ1) is 32.0. The van der Waals surface area contributed by atoms with Crippen molar-refractivity contribution in [1.82, 2.24) is 0 Å². The van der Waals surface area contributed by atoms with Crippen LogP contribution in [0.2, 0.25) is 0 Å². The molecule has 0 unspecified atom stereocenters. The highest BCUT2D eigenvalue weighted by Gasteiger charge is 2.30. The topological polar surface area (TPSA) is 6.48 Å². The first-order chi connectivity index (χ1) is 27.8. The SMILES string of the molecule is c1ccc(-c2cc3ccccc3cc2-c2ccc3c(ccc4cc(-c5ccc6c(c5)N(c5ccccc5)c5ccccc5N6c5ccccc5)ccc43)c2)cc1. The maximum absolute atomic E-state index is 2.40. The Bertz CT molecular complexity index is 3080. The third kappa shape index (κ3) is 5.34. The Balaban J connectivity index is 1.02. The lowest BCUT2D eigenvalue weighted by atomic mass is 9.90. The van der Waals surface area contributed by atoms with Crippen molar-refractivity contribution in [2.75, 3.05) is 9.80 Å². The Hall–Kier alpha value is -7.42. The lowest BCUT2D eigenvalue weighted by Crippen LogP contribution is -2.24. The molecule has 0 aromatic heterocycles. The van der Waals surface area contributed by atoms with Crippen molar-refractivity contribution in [3.05, 3.63) is 218 Å². The molecule has 1 aliphatic rings. The van der Waals surface area contributed by atoms with Crippen LogP contribution in [0.5, 0.6) is 0 Å². The van der Waals surface area contributed by atoms with Crippen LogP contribution in [0.1, 0.15) is 0 Å². The van der Waals surface area contributed by atoms with E-state index in [1.54, 1.807) is 0 Å². The summed E-state index contributed by atoms with van der Waals surface area (Å²) in [6.07, 6.45) is 0. The van der Waals surface area contributed by atoms with E-state index in [1.807, 2.05) is 0 Å². The number of para-hydroxylation sites is 4. The molecule has 0 saturated carbocycles. The number of fused-ring (bicyclic) bond motifs is 6. The van der Waals surface area contributed by atoms with E-state index >= 15 is 0 Å². The van der Waals surface area contributed by atoms with Gasteiger partial charge in [0.05, 0.1) is 22.7 Å². The average molecular weight is 713 g/mol. The summed E-state index contributed by atoms with van der Waals surface area (Å²) in [4.78, 5) is 4.79. The molecule has 56 heavy (non-hydrogen) atoms. The Morgan fingerprint density at radius 3 is 1.27 bits per heavy atom. The van der Waals surface area contributed by atoms with Gasteiger partial charge in [0.1, 0.15) is 0 Å². The zero-order valence-electron chi connectivity index (χ0n) is 30.7. The maximum atomic E-state index is 2.40. The van der Waals surface area contributed by atoms with Gasteiger partial charge in [0.15, 0.2) is 0 Å². The second-order valence-electron chi connectivity index (χ2n) is 14.6. The number of rotatable bonds is 5. The minimum absolute atomic E-state index is 1.13. The molecule has 0 amide bonds. The highest BCUT2D eigenvalue weighted by molar-refractivity contribution is 6.10. The molecule has 0 aliphatic carbocycles. The van der Waals surface area contributed by atoms with Gasteiger partial charge in [0.25, 0.3) is 0 Å². The van der Waals surface area contributed by atoms with E-state index in [2.05, 4.69) is 228 Å². The minimum Gasteiger partial charge on any atom is -0.306 e. The van der Waals surface area contributed by atoms with Crippen molar-refractivity contribution in [2.45, 2.75) is 0 Å². The predicted molar refractivity (Wildman–Crippen MR) is 238 cm³/mol. The molecule has 10 aromatic carbocycles. The van der Waals surface area contributed by atoms with Gasteiger partial charge in [-0.25, -0.2) is 0 Å². The molecular formula is C54H36N2. The fourth-order valence-corrected chi connectivity index (χ4v) is 8.64. The van der Waals surface area contributed by atoms with Gasteiger partial charge in [-0.3, -0.25) is 0 Å². The van der Waals surface area contributed by atoms with Gasteiger partial charge in [-0.2, -0.15) is 0 Å². The smallest absolute Gasteiger partial charge is 0.0709 e. The molecule has 0 bridgehead atoms. The van der Waals surface area contributed by atoms with Gasteiger partial charge >= 0.3 is 0 Å². The quantitative estimate of drug-likeness (QED) is 0.164. The zero-order chi connectivity index (χ0) is 37.0. The highest BCUT2D eigenvalue weighted by atomic mass is 15.3. The van der Waals surface area contributed by atoms with Crippen LogP contribution in [-0.4, -0.2) is 0 Å². The van der Waals surface area contributed by atoms with Crippen LogP contribution in [0, 0.1) is 0 Å². The fraction of sp³-hybridized carbons (Fsp3) is 0. The first-order valence-corrected chi connectivity index (χ1v) is 19.3. The van der Waals surface area contributed by atoms with E-state index in [0.717, 1.165) is 34.1 Å². The second-order valence-corrected chi connectivity index (χ2v) is 14.6. The molecule has 0 N–H and O–H groups in total. The van der Waals surface area contributed by atoms with Crippen molar-refractivity contribution in [3.63, 3.8) is 0 Å². The molecule has 0 atom stereocenters. The van der Waals surface area contributed by atoms with Gasteiger partial charge in [0.2, 0.25) is 0 Å². The van der Waals surface area contributed by atoms with Crippen LogP contribution in [-0.2, 0) is 0 Å². The summed E-state index contributed by atoms with van der Waals surface area (Å²) in [6, 6.07) is 79.5. The van der Waals surface area contributed by atoms with Crippen LogP contribution in [0.15, 0.2) is 218 Å². The third-order valence-electron chi connectivity index (χ3n) is 11.3. The van der Waals surface area contributed by atoms with Crippen LogP contribution in [0.25, 0.3) is 65.7 Å². The molecule has 10 aromatic rings. The van der Waals surface area contributed by atoms with Crippen molar-refractivity contribution in [1.29, 1.82) is 0 Å². The summed E-state index contributed by atoms with van der Waals surface area (Å²) in [5.74, 6) is 0. The van der Waals surface area contributed by atoms with E-state index < -0.39 is 0 Å². The van der Waals surface area contributed by atoms with Crippen LogP contribution in [0.4, 0.5) is 34.1 Å². The van der Waals surface area contributed by atoms with Gasteiger partial charge in [-0.1, -0.05) is 146 Å². The van der Waals surface area contributed by atoms with Crippen molar-refractivity contribution in [3.8, 4) is 33.4 Å². The molecule has 262 valence electrons. The third-order valence-corrected chi connectivity index (χ3v) is 11.3. The number of nitrogens with zero attached hydrogens (tertiary/aromatic N) is 2. The van der Waals surface area contributed by atoms with E-state index in [0.29, 0.717) is 0 Å². The summed E-state index contributed by atoms with van der Waals surface area (Å²) in [5, 5.41) is 7.49. The van der Waals surface area contributed by atoms with E-state index in [9.17, 15) is 0 Å². The minimum atomic E-state index is 1.13. The molecular weight excluding hydrogens is 677 g/mol. The van der Waals surface area contributed by atoms with Crippen molar-refractivity contribution in [2.24, 2.45) is 0 Å². The normalized spacial score (nSPS) is 12.2. The molecule has 2 heteroatoms. The van der Waals surface area contributed by atoms with Crippen LogP contribution < -0.4 is 9.80 Å². The summed E-state index contributed by atoms with van der Waals surface area (Å²) in [6.45, 7) is 0. The number of hydrogen-bond acceptors (Lipinski definition) is 2. The van der Waals surface area contributed by atoms with Crippen LogP contribution >= 0.6 is 0 Å². The largest absolute Gasteiger partial charge is 0.306 e. The molecule has 0 spiro atoms. The monoisotopic (exact) mass is 712 g/mol. The van der Waals surface area contributed by atoms with Gasteiger partial charge in [0, 0.05) is 11.4 Å². The van der Waals surface area contributed by atoms with E-state index in [4.69, 9.17) is 0 Å². The van der Waals surface area contributed by atoms with E-state index in [1.165, 1.54) is 65.7 Å². The van der Waals surface area contributed by atoms with Gasteiger partial charge in [-0.15, -0.1) is 0 Å². The zero-order valence-corrected chi connectivity index (χ0v) is 30.7. The molecule has 0 saturated heterocycles. The lowest BCUT2D eigenvalue weighted by molar-refractivity contribution is 1.17. The number of benzene rings is 10.